The lowest BCUT2D eigenvalue weighted by molar-refractivity contribution is 0.0226. The van der Waals surface area contributed by atoms with Crippen molar-refractivity contribution < 1.29 is 19.2 Å². The predicted molar refractivity (Wildman–Crippen MR) is 126 cm³/mol. The fourth-order valence-electron chi connectivity index (χ4n) is 3.22. The van der Waals surface area contributed by atoms with Crippen LogP contribution in [0.1, 0.15) is 32.6 Å². The second-order valence-corrected chi connectivity index (χ2v) is 7.16. The molecule has 0 aliphatic heterocycles. The van der Waals surface area contributed by atoms with E-state index in [-0.39, 0.29) is 12.6 Å². The highest BCUT2D eigenvalue weighted by Crippen LogP contribution is 2.23. The Labute approximate surface area is 196 Å². The summed E-state index contributed by atoms with van der Waals surface area (Å²) < 4.78 is 5.28. The van der Waals surface area contributed by atoms with Gasteiger partial charge in [-0.05, 0) is 47.5 Å². The number of carbonyl (C=O) groups is 2. The number of anilines is 2. The molecular formula is C24H24N6O4. The minimum Gasteiger partial charge on any atom is -0.496 e. The molecule has 5 N–H and O–H groups in total. The van der Waals surface area contributed by atoms with E-state index < -0.39 is 5.91 Å². The third-order valence-corrected chi connectivity index (χ3v) is 4.94. The third kappa shape index (κ3) is 5.99. The summed E-state index contributed by atoms with van der Waals surface area (Å²) in [5.41, 5.74) is 11.9. The highest BCUT2D eigenvalue weighted by atomic mass is 16.7. The van der Waals surface area contributed by atoms with E-state index >= 15 is 0 Å². The van der Waals surface area contributed by atoms with Gasteiger partial charge in [0, 0.05) is 36.5 Å². The number of nitrogens with zero attached hydrogens (tertiary/aromatic N) is 2. The second-order valence-electron chi connectivity index (χ2n) is 7.16. The molecule has 0 saturated carbocycles. The number of hydrogen-bond acceptors (Lipinski definition) is 7. The van der Waals surface area contributed by atoms with Gasteiger partial charge >= 0.3 is 6.03 Å². The van der Waals surface area contributed by atoms with Crippen molar-refractivity contribution in [2.24, 2.45) is 0 Å². The number of pyridine rings is 1. The fourth-order valence-corrected chi connectivity index (χ4v) is 3.22. The summed E-state index contributed by atoms with van der Waals surface area (Å²) in [6.45, 7) is 0.0388. The smallest absolute Gasteiger partial charge is 0.320 e. The van der Waals surface area contributed by atoms with Crippen LogP contribution in [0.25, 0.3) is 0 Å². The number of ether oxygens (including phenoxy) is 1. The van der Waals surface area contributed by atoms with Crippen LogP contribution >= 0.6 is 0 Å². The number of carbonyl (C=O) groups excluding carboxylic acids is 2. The summed E-state index contributed by atoms with van der Waals surface area (Å²) in [6, 6.07) is 15.1. The van der Waals surface area contributed by atoms with Gasteiger partial charge < -0.3 is 15.8 Å². The average molecular weight is 460 g/mol. The lowest BCUT2D eigenvalue weighted by Crippen LogP contribution is -2.25. The number of amides is 3. The molecule has 3 aromatic rings. The van der Waals surface area contributed by atoms with Crippen molar-refractivity contribution in [3.63, 3.8) is 0 Å². The van der Waals surface area contributed by atoms with Crippen LogP contribution in [0.5, 0.6) is 5.75 Å². The number of aromatic nitrogens is 1. The van der Waals surface area contributed by atoms with E-state index in [9.17, 15) is 9.59 Å². The van der Waals surface area contributed by atoms with Crippen LogP contribution in [0.2, 0.25) is 0 Å². The zero-order valence-electron chi connectivity index (χ0n) is 18.7. The molecule has 0 radical (unpaired) electrons. The summed E-state index contributed by atoms with van der Waals surface area (Å²) in [4.78, 5) is 33.9. The van der Waals surface area contributed by atoms with Crippen molar-refractivity contribution in [1.29, 1.82) is 5.26 Å². The Balaban J connectivity index is 1.72. The van der Waals surface area contributed by atoms with Gasteiger partial charge in [0.05, 0.1) is 18.7 Å². The summed E-state index contributed by atoms with van der Waals surface area (Å²) in [5, 5.41) is 14.1. The number of nitrogen functional groups attached to an aromatic ring is 1. The lowest BCUT2D eigenvalue weighted by Gasteiger charge is -2.14. The standard InChI is InChI=1S/C24H24N6O4/c1-27-24(32)29-22-12-15(8-9-28-22)10-19-18(4-3-5-20(19)26)23(31)30-34-14-17-7-6-16(13-25)11-21(17)33-2/h3-9,11-12H,10,14,26H2,1-2H3,(H,30,31)(H2,27,28,29,32). The molecule has 0 bridgehead atoms. The Morgan fingerprint density at radius 2 is 2.00 bits per heavy atom. The van der Waals surface area contributed by atoms with Crippen molar-refractivity contribution in [1.82, 2.24) is 15.8 Å². The summed E-state index contributed by atoms with van der Waals surface area (Å²) >= 11 is 0. The summed E-state index contributed by atoms with van der Waals surface area (Å²) in [5.74, 6) is 0.390. The van der Waals surface area contributed by atoms with Gasteiger partial charge in [-0.3, -0.25) is 14.9 Å². The molecule has 1 aromatic heterocycles. The predicted octanol–water partition coefficient (Wildman–Crippen LogP) is 2.75. The first-order chi connectivity index (χ1) is 16.4. The van der Waals surface area contributed by atoms with E-state index in [1.54, 1.807) is 54.7 Å². The van der Waals surface area contributed by atoms with Crippen LogP contribution in [0.15, 0.2) is 54.7 Å². The number of hydrogen-bond donors (Lipinski definition) is 4. The SMILES string of the molecule is CNC(=O)Nc1cc(Cc2c(N)cccc2C(=O)NOCc2ccc(C#N)cc2OC)ccn1. The van der Waals surface area contributed by atoms with E-state index in [4.69, 9.17) is 20.6 Å². The Hall–Kier alpha value is -4.62. The fraction of sp³-hybridized carbons (Fsp3) is 0.167. The van der Waals surface area contributed by atoms with Gasteiger partial charge in [-0.15, -0.1) is 0 Å². The molecule has 0 aliphatic carbocycles. The zero-order chi connectivity index (χ0) is 24.5. The summed E-state index contributed by atoms with van der Waals surface area (Å²) in [6.07, 6.45) is 1.90. The molecule has 10 nitrogen and oxygen atoms in total. The molecule has 3 amide bonds. The largest absolute Gasteiger partial charge is 0.496 e. The first kappa shape index (κ1) is 24.0. The Morgan fingerprint density at radius 1 is 1.18 bits per heavy atom. The molecule has 0 atom stereocenters. The van der Waals surface area contributed by atoms with Crippen molar-refractivity contribution in [3.8, 4) is 11.8 Å². The zero-order valence-corrected chi connectivity index (χ0v) is 18.7. The maximum atomic E-state index is 12.9. The van der Waals surface area contributed by atoms with Crippen molar-refractivity contribution in [2.75, 3.05) is 25.2 Å². The van der Waals surface area contributed by atoms with Crippen LogP contribution in [0, 0.1) is 11.3 Å². The van der Waals surface area contributed by atoms with Gasteiger partial charge in [0.2, 0.25) is 0 Å². The maximum Gasteiger partial charge on any atom is 0.320 e. The van der Waals surface area contributed by atoms with Crippen LogP contribution in [0.3, 0.4) is 0 Å². The van der Waals surface area contributed by atoms with Crippen molar-refractivity contribution >= 4 is 23.4 Å². The molecule has 0 fully saturated rings. The highest BCUT2D eigenvalue weighted by molar-refractivity contribution is 5.96. The van der Waals surface area contributed by atoms with E-state index in [1.165, 1.54) is 14.2 Å². The van der Waals surface area contributed by atoms with E-state index in [0.717, 1.165) is 5.56 Å². The molecule has 0 saturated heterocycles. The number of rotatable bonds is 8. The molecule has 174 valence electrons. The second kappa shape index (κ2) is 11.3. The van der Waals surface area contributed by atoms with Crippen LogP contribution in [0.4, 0.5) is 16.3 Å². The van der Waals surface area contributed by atoms with E-state index in [2.05, 4.69) is 21.1 Å². The topological polar surface area (TPSA) is 151 Å². The normalized spacial score (nSPS) is 10.1. The van der Waals surface area contributed by atoms with Gasteiger partial charge in [-0.25, -0.2) is 15.3 Å². The average Bonchev–Trinajstić information content (AvgIpc) is 2.85. The highest BCUT2D eigenvalue weighted by Gasteiger charge is 2.16. The monoisotopic (exact) mass is 460 g/mol. The van der Waals surface area contributed by atoms with Gasteiger partial charge in [-0.1, -0.05) is 12.1 Å². The maximum absolute atomic E-state index is 12.9. The van der Waals surface area contributed by atoms with Crippen LogP contribution in [-0.4, -0.2) is 31.1 Å². The quantitative estimate of drug-likeness (QED) is 0.298. The van der Waals surface area contributed by atoms with Crippen molar-refractivity contribution in [2.45, 2.75) is 13.0 Å². The molecule has 34 heavy (non-hydrogen) atoms. The van der Waals surface area contributed by atoms with Crippen LogP contribution < -0.4 is 26.6 Å². The molecular weight excluding hydrogens is 436 g/mol. The first-order valence-electron chi connectivity index (χ1n) is 10.2. The minimum absolute atomic E-state index is 0.0388. The molecule has 10 heteroatoms. The molecule has 1 heterocycles. The number of nitriles is 1. The number of hydroxylamine groups is 1. The molecule has 0 unspecified atom stereocenters. The number of urea groups is 1. The lowest BCUT2D eigenvalue weighted by atomic mass is 9.98. The molecule has 3 rings (SSSR count). The number of nitrogens with two attached hydrogens (primary N) is 1. The first-order valence-corrected chi connectivity index (χ1v) is 10.2. The Kier molecular flexibility index (Phi) is 7.99. The number of nitrogens with one attached hydrogen (secondary N) is 3. The Bertz CT molecular complexity index is 1240. The number of methoxy groups -OCH3 is 1. The van der Waals surface area contributed by atoms with Gasteiger partial charge in [0.25, 0.3) is 5.91 Å². The van der Waals surface area contributed by atoms with Gasteiger partial charge in [0.15, 0.2) is 0 Å². The van der Waals surface area contributed by atoms with E-state index in [1.807, 2.05) is 6.07 Å². The molecule has 0 spiro atoms. The molecule has 2 aromatic carbocycles. The van der Waals surface area contributed by atoms with Gasteiger partial charge in [0.1, 0.15) is 18.2 Å². The summed E-state index contributed by atoms with van der Waals surface area (Å²) in [7, 11) is 3.00. The van der Waals surface area contributed by atoms with Crippen LogP contribution in [-0.2, 0) is 17.9 Å². The molecule has 0 aliphatic rings. The van der Waals surface area contributed by atoms with Gasteiger partial charge in [-0.2, -0.15) is 5.26 Å². The minimum atomic E-state index is -0.465. The number of benzene rings is 2. The van der Waals surface area contributed by atoms with Crippen molar-refractivity contribution in [3.05, 3.63) is 82.5 Å². The van der Waals surface area contributed by atoms with E-state index in [0.29, 0.717) is 45.9 Å². The Morgan fingerprint density at radius 3 is 2.74 bits per heavy atom. The third-order valence-electron chi connectivity index (χ3n) is 4.94.